The number of carboxylic acid groups (broad SMARTS) is 1. The Hall–Kier alpha value is -1.13. The highest BCUT2D eigenvalue weighted by Gasteiger charge is 2.46. The molecule has 2 N–H and O–H groups in total. The molecule has 0 aromatic heterocycles. The van der Waals surface area contributed by atoms with Gasteiger partial charge in [0.25, 0.3) is 0 Å². The van der Waals surface area contributed by atoms with Crippen molar-refractivity contribution in [3.8, 4) is 6.07 Å². The first-order valence-electron chi connectivity index (χ1n) is 6.20. The Bertz CT molecular complexity index is 486. The summed E-state index contributed by atoms with van der Waals surface area (Å²) in [6.07, 6.45) is 1.92. The Morgan fingerprint density at radius 2 is 2.05 bits per heavy atom. The Morgan fingerprint density at radius 1 is 1.47 bits per heavy atom. The van der Waals surface area contributed by atoms with E-state index in [1.165, 1.54) is 0 Å². The average molecular weight is 288 g/mol. The third-order valence-corrected chi connectivity index (χ3v) is 5.16. The fourth-order valence-corrected chi connectivity index (χ4v) is 4.26. The zero-order chi connectivity index (χ0) is 14.7. The predicted molar refractivity (Wildman–Crippen MR) is 69.8 cm³/mol. The summed E-state index contributed by atoms with van der Waals surface area (Å²) >= 11 is 0. The SMILES string of the molecule is CC(C)(CCC(=O)O)NS(=O)(=O)CC1(CC#N)CC1. The van der Waals surface area contributed by atoms with Crippen molar-refractivity contribution in [2.75, 3.05) is 5.75 Å². The standard InChI is InChI=1S/C12H20N2O4S/c1-11(2,4-3-10(15)16)14-19(17,18)9-12(5-6-12)7-8-13/h14H,3-7,9H2,1-2H3,(H,15,16). The highest BCUT2D eigenvalue weighted by Crippen LogP contribution is 2.49. The van der Waals surface area contributed by atoms with Gasteiger partial charge in [0.05, 0.1) is 11.8 Å². The molecule has 0 unspecified atom stereocenters. The first-order chi connectivity index (χ1) is 8.60. The molecular weight excluding hydrogens is 268 g/mol. The maximum atomic E-state index is 12.1. The fourth-order valence-electron chi connectivity index (χ4n) is 2.05. The molecule has 1 rings (SSSR count). The van der Waals surface area contributed by atoms with Gasteiger partial charge < -0.3 is 5.11 Å². The summed E-state index contributed by atoms with van der Waals surface area (Å²) < 4.78 is 26.6. The van der Waals surface area contributed by atoms with Crippen LogP contribution in [0.15, 0.2) is 0 Å². The zero-order valence-electron chi connectivity index (χ0n) is 11.3. The van der Waals surface area contributed by atoms with Crippen LogP contribution in [0, 0.1) is 16.7 Å². The molecule has 6 nitrogen and oxygen atoms in total. The minimum absolute atomic E-state index is 0.0515. The van der Waals surface area contributed by atoms with Crippen LogP contribution >= 0.6 is 0 Å². The predicted octanol–water partition coefficient (Wildman–Crippen LogP) is 1.24. The van der Waals surface area contributed by atoms with Gasteiger partial charge in [-0.15, -0.1) is 0 Å². The number of hydrogen-bond acceptors (Lipinski definition) is 4. The quantitative estimate of drug-likeness (QED) is 0.698. The van der Waals surface area contributed by atoms with Crippen LogP contribution in [0.5, 0.6) is 0 Å². The van der Waals surface area contributed by atoms with Gasteiger partial charge in [-0.05, 0) is 38.5 Å². The van der Waals surface area contributed by atoms with Gasteiger partial charge in [0.15, 0.2) is 0 Å². The van der Waals surface area contributed by atoms with Gasteiger partial charge in [0.1, 0.15) is 0 Å². The molecule has 1 aliphatic carbocycles. The molecule has 108 valence electrons. The van der Waals surface area contributed by atoms with E-state index >= 15 is 0 Å². The average Bonchev–Trinajstić information content (AvgIpc) is 2.92. The molecule has 1 fully saturated rings. The number of sulfonamides is 1. The van der Waals surface area contributed by atoms with E-state index in [4.69, 9.17) is 10.4 Å². The first kappa shape index (κ1) is 15.9. The maximum absolute atomic E-state index is 12.1. The lowest BCUT2D eigenvalue weighted by Gasteiger charge is -2.26. The van der Waals surface area contributed by atoms with Gasteiger partial charge in [0.2, 0.25) is 10.0 Å². The monoisotopic (exact) mass is 288 g/mol. The first-order valence-corrected chi connectivity index (χ1v) is 7.85. The van der Waals surface area contributed by atoms with Gasteiger partial charge in [-0.25, -0.2) is 13.1 Å². The number of aliphatic carboxylic acids is 1. The van der Waals surface area contributed by atoms with Crippen molar-refractivity contribution in [2.24, 2.45) is 5.41 Å². The Kier molecular flexibility index (Phi) is 4.59. The Morgan fingerprint density at radius 3 is 2.47 bits per heavy atom. The lowest BCUT2D eigenvalue weighted by atomic mass is 10.0. The molecule has 0 atom stereocenters. The minimum Gasteiger partial charge on any atom is -0.481 e. The van der Waals surface area contributed by atoms with Crippen LogP contribution in [0.1, 0.15) is 46.0 Å². The van der Waals surface area contributed by atoms with E-state index in [0.29, 0.717) is 0 Å². The number of nitrogens with zero attached hydrogens (tertiary/aromatic N) is 1. The molecule has 0 aromatic rings. The van der Waals surface area contributed by atoms with Crippen molar-refractivity contribution in [1.82, 2.24) is 4.72 Å². The van der Waals surface area contributed by atoms with E-state index in [9.17, 15) is 13.2 Å². The molecule has 0 amide bonds. The van der Waals surface area contributed by atoms with Crippen LogP contribution in [-0.4, -0.2) is 30.8 Å². The molecule has 0 saturated heterocycles. The molecule has 0 aliphatic heterocycles. The van der Waals surface area contributed by atoms with Gasteiger partial charge in [-0.3, -0.25) is 4.79 Å². The van der Waals surface area contributed by atoms with Gasteiger partial charge >= 0.3 is 5.97 Å². The second-order valence-corrected chi connectivity index (χ2v) is 7.70. The summed E-state index contributed by atoms with van der Waals surface area (Å²) in [5, 5.41) is 17.3. The molecule has 19 heavy (non-hydrogen) atoms. The van der Waals surface area contributed by atoms with Crippen LogP contribution in [0.25, 0.3) is 0 Å². The normalized spacial score (nSPS) is 17.7. The lowest BCUT2D eigenvalue weighted by molar-refractivity contribution is -0.137. The smallest absolute Gasteiger partial charge is 0.303 e. The number of carboxylic acids is 1. The minimum atomic E-state index is -3.50. The largest absolute Gasteiger partial charge is 0.481 e. The van der Waals surface area contributed by atoms with Crippen LogP contribution in [0.3, 0.4) is 0 Å². The molecule has 0 heterocycles. The van der Waals surface area contributed by atoms with E-state index in [1.807, 2.05) is 6.07 Å². The highest BCUT2D eigenvalue weighted by molar-refractivity contribution is 7.89. The second kappa shape index (κ2) is 5.47. The van der Waals surface area contributed by atoms with Crippen LogP contribution < -0.4 is 4.72 Å². The summed E-state index contributed by atoms with van der Waals surface area (Å²) in [5.41, 5.74) is -1.18. The van der Waals surface area contributed by atoms with Gasteiger partial charge in [-0.2, -0.15) is 5.26 Å². The van der Waals surface area contributed by atoms with E-state index in [0.717, 1.165) is 12.8 Å². The molecule has 0 aromatic carbocycles. The maximum Gasteiger partial charge on any atom is 0.303 e. The molecule has 0 bridgehead atoms. The third kappa shape index (κ3) is 5.57. The molecule has 1 aliphatic rings. The molecule has 1 saturated carbocycles. The summed E-state index contributed by atoms with van der Waals surface area (Å²) in [5.74, 6) is -1.00. The van der Waals surface area contributed by atoms with Gasteiger partial charge in [0, 0.05) is 18.4 Å². The molecular formula is C12H20N2O4S. The van der Waals surface area contributed by atoms with E-state index in [-0.39, 0.29) is 30.4 Å². The van der Waals surface area contributed by atoms with Crippen molar-refractivity contribution in [3.05, 3.63) is 0 Å². The summed E-state index contributed by atoms with van der Waals surface area (Å²) in [6, 6.07) is 2.03. The van der Waals surface area contributed by atoms with Crippen LogP contribution in [0.4, 0.5) is 0 Å². The number of rotatable bonds is 8. The van der Waals surface area contributed by atoms with Crippen molar-refractivity contribution < 1.29 is 18.3 Å². The van der Waals surface area contributed by atoms with Crippen LogP contribution in [-0.2, 0) is 14.8 Å². The second-order valence-electron chi connectivity index (χ2n) is 5.97. The van der Waals surface area contributed by atoms with Crippen molar-refractivity contribution in [2.45, 2.75) is 51.5 Å². The Labute approximate surface area is 113 Å². The van der Waals surface area contributed by atoms with Crippen molar-refractivity contribution in [1.29, 1.82) is 5.26 Å². The van der Waals surface area contributed by atoms with E-state index < -0.39 is 21.5 Å². The van der Waals surface area contributed by atoms with Crippen molar-refractivity contribution in [3.63, 3.8) is 0 Å². The van der Waals surface area contributed by atoms with E-state index in [1.54, 1.807) is 13.8 Å². The number of carbonyl (C=O) groups is 1. The lowest BCUT2D eigenvalue weighted by Crippen LogP contribution is -2.45. The topological polar surface area (TPSA) is 107 Å². The van der Waals surface area contributed by atoms with E-state index in [2.05, 4.69) is 4.72 Å². The highest BCUT2D eigenvalue weighted by atomic mass is 32.2. The third-order valence-electron chi connectivity index (χ3n) is 3.30. The van der Waals surface area contributed by atoms with Crippen molar-refractivity contribution >= 4 is 16.0 Å². The molecule has 7 heteroatoms. The van der Waals surface area contributed by atoms with Crippen LogP contribution in [0.2, 0.25) is 0 Å². The Balaban J connectivity index is 2.59. The van der Waals surface area contributed by atoms with Gasteiger partial charge in [-0.1, -0.05) is 0 Å². The number of nitrogens with one attached hydrogen (secondary N) is 1. The fraction of sp³-hybridized carbons (Fsp3) is 0.833. The zero-order valence-corrected chi connectivity index (χ0v) is 12.1. The summed E-state index contributed by atoms with van der Waals surface area (Å²) in [7, 11) is -3.50. The summed E-state index contributed by atoms with van der Waals surface area (Å²) in [6.45, 7) is 3.33. The molecule has 0 spiro atoms. The number of hydrogen-bond donors (Lipinski definition) is 2. The number of nitriles is 1. The summed E-state index contributed by atoms with van der Waals surface area (Å²) in [4.78, 5) is 10.5. The molecule has 0 radical (unpaired) electrons.